The number of hydrogen-bond acceptors (Lipinski definition) is 3. The second-order valence-corrected chi connectivity index (χ2v) is 4.23. The second-order valence-electron chi connectivity index (χ2n) is 4.23. The SMILES string of the molecule is Cc1ccc(C)c(Oc2cccc(C#N)n2)c1C. The third-order valence-electron chi connectivity index (χ3n) is 2.92. The van der Waals surface area contributed by atoms with E-state index in [-0.39, 0.29) is 0 Å². The number of aryl methyl sites for hydroxylation is 2. The standard InChI is InChI=1S/C15H14N2O/c1-10-7-8-11(2)15(12(10)3)18-14-6-4-5-13(9-16)17-14/h4-8H,1-3H3. The molecule has 2 aromatic rings. The van der Waals surface area contributed by atoms with Crippen molar-refractivity contribution in [2.24, 2.45) is 0 Å². The van der Waals surface area contributed by atoms with Gasteiger partial charge < -0.3 is 4.74 Å². The van der Waals surface area contributed by atoms with Crippen LogP contribution in [-0.4, -0.2) is 4.98 Å². The predicted molar refractivity (Wildman–Crippen MR) is 69.7 cm³/mol. The molecule has 3 heteroatoms. The molecule has 0 radical (unpaired) electrons. The number of ether oxygens (including phenoxy) is 1. The van der Waals surface area contributed by atoms with Crippen molar-refractivity contribution in [3.05, 3.63) is 52.7 Å². The van der Waals surface area contributed by atoms with Gasteiger partial charge in [-0.3, -0.25) is 0 Å². The molecule has 0 N–H and O–H groups in total. The van der Waals surface area contributed by atoms with Crippen LogP contribution >= 0.6 is 0 Å². The molecule has 90 valence electrons. The van der Waals surface area contributed by atoms with Crippen molar-refractivity contribution in [1.29, 1.82) is 5.26 Å². The highest BCUT2D eigenvalue weighted by molar-refractivity contribution is 5.46. The van der Waals surface area contributed by atoms with Gasteiger partial charge in [-0.15, -0.1) is 0 Å². The van der Waals surface area contributed by atoms with Crippen LogP contribution < -0.4 is 4.74 Å². The largest absolute Gasteiger partial charge is 0.438 e. The summed E-state index contributed by atoms with van der Waals surface area (Å²) in [5.41, 5.74) is 3.68. The second kappa shape index (κ2) is 4.89. The third-order valence-corrected chi connectivity index (χ3v) is 2.92. The Balaban J connectivity index is 2.40. The van der Waals surface area contributed by atoms with Crippen molar-refractivity contribution in [1.82, 2.24) is 4.98 Å². The fraction of sp³-hybridized carbons (Fsp3) is 0.200. The Morgan fingerprint density at radius 3 is 2.50 bits per heavy atom. The molecule has 0 aliphatic heterocycles. The van der Waals surface area contributed by atoms with Gasteiger partial charge in [-0.05, 0) is 43.5 Å². The highest BCUT2D eigenvalue weighted by Gasteiger charge is 2.08. The molecule has 0 spiro atoms. The number of rotatable bonds is 2. The van der Waals surface area contributed by atoms with E-state index in [1.54, 1.807) is 18.2 Å². The van der Waals surface area contributed by atoms with Crippen LogP contribution in [-0.2, 0) is 0 Å². The summed E-state index contributed by atoms with van der Waals surface area (Å²) in [4.78, 5) is 4.12. The maximum Gasteiger partial charge on any atom is 0.220 e. The molecule has 0 atom stereocenters. The van der Waals surface area contributed by atoms with E-state index in [1.807, 2.05) is 32.9 Å². The minimum Gasteiger partial charge on any atom is -0.438 e. The number of benzene rings is 1. The monoisotopic (exact) mass is 238 g/mol. The van der Waals surface area contributed by atoms with Gasteiger partial charge in [0.2, 0.25) is 5.88 Å². The van der Waals surface area contributed by atoms with Crippen LogP contribution in [0, 0.1) is 32.1 Å². The van der Waals surface area contributed by atoms with Crippen molar-refractivity contribution in [3.8, 4) is 17.7 Å². The Kier molecular flexibility index (Phi) is 3.29. The molecule has 0 amide bonds. The summed E-state index contributed by atoms with van der Waals surface area (Å²) < 4.78 is 5.80. The first-order chi connectivity index (χ1) is 8.61. The van der Waals surface area contributed by atoms with Crippen molar-refractivity contribution in [2.45, 2.75) is 20.8 Å². The van der Waals surface area contributed by atoms with Crippen LogP contribution in [0.1, 0.15) is 22.4 Å². The van der Waals surface area contributed by atoms with Crippen molar-refractivity contribution < 1.29 is 4.74 Å². The Morgan fingerprint density at radius 1 is 1.06 bits per heavy atom. The van der Waals surface area contributed by atoms with Crippen LogP contribution in [0.2, 0.25) is 0 Å². The van der Waals surface area contributed by atoms with Crippen molar-refractivity contribution in [3.63, 3.8) is 0 Å². The smallest absolute Gasteiger partial charge is 0.220 e. The van der Waals surface area contributed by atoms with E-state index in [1.165, 1.54) is 5.56 Å². The minimum atomic E-state index is 0.357. The highest BCUT2D eigenvalue weighted by atomic mass is 16.5. The summed E-state index contributed by atoms with van der Waals surface area (Å²) in [6, 6.07) is 11.3. The number of nitriles is 1. The molecular weight excluding hydrogens is 224 g/mol. The summed E-state index contributed by atoms with van der Waals surface area (Å²) in [5.74, 6) is 1.27. The predicted octanol–water partition coefficient (Wildman–Crippen LogP) is 3.67. The molecule has 0 saturated carbocycles. The van der Waals surface area contributed by atoms with Gasteiger partial charge in [0, 0.05) is 6.07 Å². The summed E-state index contributed by atoms with van der Waals surface area (Å²) in [6.07, 6.45) is 0. The fourth-order valence-electron chi connectivity index (χ4n) is 1.72. The average molecular weight is 238 g/mol. The Morgan fingerprint density at radius 2 is 1.78 bits per heavy atom. The van der Waals surface area contributed by atoms with Gasteiger partial charge >= 0.3 is 0 Å². The van der Waals surface area contributed by atoms with E-state index in [4.69, 9.17) is 10.00 Å². The van der Waals surface area contributed by atoms with Gasteiger partial charge in [0.1, 0.15) is 17.5 Å². The van der Waals surface area contributed by atoms with Crippen LogP contribution in [0.4, 0.5) is 0 Å². The van der Waals surface area contributed by atoms with Crippen LogP contribution in [0.3, 0.4) is 0 Å². The fourth-order valence-corrected chi connectivity index (χ4v) is 1.72. The molecular formula is C15H14N2O. The van der Waals surface area contributed by atoms with Gasteiger partial charge in [-0.25, -0.2) is 4.98 Å². The lowest BCUT2D eigenvalue weighted by molar-refractivity contribution is 0.455. The maximum absolute atomic E-state index is 8.81. The van der Waals surface area contributed by atoms with Crippen molar-refractivity contribution >= 4 is 0 Å². The summed E-state index contributed by atoms with van der Waals surface area (Å²) in [5, 5.41) is 8.81. The molecule has 0 saturated heterocycles. The summed E-state index contributed by atoms with van der Waals surface area (Å²) >= 11 is 0. The Labute approximate surface area is 107 Å². The lowest BCUT2D eigenvalue weighted by Gasteiger charge is -2.12. The molecule has 0 unspecified atom stereocenters. The van der Waals surface area contributed by atoms with Gasteiger partial charge in [-0.2, -0.15) is 5.26 Å². The van der Waals surface area contributed by atoms with Crippen LogP contribution in [0.15, 0.2) is 30.3 Å². The quantitative estimate of drug-likeness (QED) is 0.801. The van der Waals surface area contributed by atoms with E-state index in [2.05, 4.69) is 11.1 Å². The maximum atomic E-state index is 8.81. The van der Waals surface area contributed by atoms with Gasteiger partial charge in [0.05, 0.1) is 0 Å². The molecule has 3 nitrogen and oxygen atoms in total. The normalized spacial score (nSPS) is 9.89. The Hall–Kier alpha value is -2.34. The lowest BCUT2D eigenvalue weighted by atomic mass is 10.1. The van der Waals surface area contributed by atoms with E-state index in [0.717, 1.165) is 16.9 Å². The van der Waals surface area contributed by atoms with E-state index in [0.29, 0.717) is 11.6 Å². The first kappa shape index (κ1) is 12.1. The molecule has 2 rings (SSSR count). The number of nitrogens with zero attached hydrogens (tertiary/aromatic N) is 2. The minimum absolute atomic E-state index is 0.357. The molecule has 18 heavy (non-hydrogen) atoms. The topological polar surface area (TPSA) is 45.9 Å². The van der Waals surface area contributed by atoms with Crippen LogP contribution in [0.5, 0.6) is 11.6 Å². The van der Waals surface area contributed by atoms with E-state index < -0.39 is 0 Å². The first-order valence-corrected chi connectivity index (χ1v) is 5.73. The molecule has 0 fully saturated rings. The molecule has 1 heterocycles. The number of hydrogen-bond donors (Lipinski definition) is 0. The van der Waals surface area contributed by atoms with Gasteiger partial charge in [0.25, 0.3) is 0 Å². The zero-order valence-electron chi connectivity index (χ0n) is 10.7. The molecule has 1 aromatic carbocycles. The molecule has 0 aliphatic rings. The molecule has 0 aliphatic carbocycles. The zero-order valence-corrected chi connectivity index (χ0v) is 10.7. The van der Waals surface area contributed by atoms with E-state index in [9.17, 15) is 0 Å². The first-order valence-electron chi connectivity index (χ1n) is 5.73. The molecule has 0 bridgehead atoms. The summed E-state index contributed by atoms with van der Waals surface area (Å²) in [7, 11) is 0. The third kappa shape index (κ3) is 2.33. The lowest BCUT2D eigenvalue weighted by Crippen LogP contribution is -1.95. The zero-order chi connectivity index (χ0) is 13.1. The number of aromatic nitrogens is 1. The number of pyridine rings is 1. The average Bonchev–Trinajstić information content (AvgIpc) is 2.39. The van der Waals surface area contributed by atoms with Crippen LogP contribution in [0.25, 0.3) is 0 Å². The van der Waals surface area contributed by atoms with E-state index >= 15 is 0 Å². The van der Waals surface area contributed by atoms with Gasteiger partial charge in [-0.1, -0.05) is 18.2 Å². The summed E-state index contributed by atoms with van der Waals surface area (Å²) in [6.45, 7) is 6.06. The molecule has 1 aromatic heterocycles. The highest BCUT2D eigenvalue weighted by Crippen LogP contribution is 2.29. The van der Waals surface area contributed by atoms with Gasteiger partial charge in [0.15, 0.2) is 0 Å². The Bertz CT molecular complexity index is 627. The van der Waals surface area contributed by atoms with Crippen molar-refractivity contribution in [2.75, 3.05) is 0 Å².